The third-order valence-corrected chi connectivity index (χ3v) is 10.7. The number of aromatic hydroxyl groups is 1. The first-order valence-corrected chi connectivity index (χ1v) is 17.5. The van der Waals surface area contributed by atoms with E-state index in [0.29, 0.717) is 70.6 Å². The lowest BCUT2D eigenvalue weighted by atomic mass is 10.2. The number of nitrogens with one attached hydrogen (secondary N) is 1. The number of pyridine rings is 1. The Hall–Kier alpha value is -4.18. The van der Waals surface area contributed by atoms with Crippen molar-refractivity contribution < 1.29 is 18.9 Å². The minimum atomic E-state index is -1.04. The fraction of sp³-hybridized carbons (Fsp3) is 0.387. The molecule has 1 aliphatic carbocycles. The summed E-state index contributed by atoms with van der Waals surface area (Å²) in [5.41, 5.74) is 2.86. The highest BCUT2D eigenvalue weighted by Gasteiger charge is 2.28. The number of hydrogen-bond acceptors (Lipinski definition) is 12. The van der Waals surface area contributed by atoms with Crippen LogP contribution >= 0.6 is 11.3 Å². The largest absolute Gasteiger partial charge is 0.598 e. The molecule has 1 atom stereocenters. The van der Waals surface area contributed by atoms with Crippen molar-refractivity contribution in [1.82, 2.24) is 28.7 Å². The second-order valence-electron chi connectivity index (χ2n) is 11.8. The van der Waals surface area contributed by atoms with Gasteiger partial charge in [0.25, 0.3) is 5.91 Å². The maximum Gasteiger partial charge on any atom is 0.270 e. The van der Waals surface area contributed by atoms with Gasteiger partial charge in [0.1, 0.15) is 28.0 Å². The van der Waals surface area contributed by atoms with Crippen LogP contribution in [0.5, 0.6) is 5.88 Å². The molecule has 240 valence electrons. The molecule has 0 aromatic carbocycles. The summed E-state index contributed by atoms with van der Waals surface area (Å²) >= 11 is 0.222. The summed E-state index contributed by atoms with van der Waals surface area (Å²) in [4.78, 5) is 43.2. The van der Waals surface area contributed by atoms with Crippen molar-refractivity contribution in [2.45, 2.75) is 31.7 Å². The second-order valence-corrected chi connectivity index (χ2v) is 14.0. The van der Waals surface area contributed by atoms with E-state index in [0.717, 1.165) is 31.1 Å². The minimum absolute atomic E-state index is 0.0856. The molecule has 13 nitrogen and oxygen atoms in total. The number of piperazine rings is 1. The van der Waals surface area contributed by atoms with Gasteiger partial charge in [0, 0.05) is 67.6 Å². The maximum absolute atomic E-state index is 13.0. The normalized spacial score (nSPS) is 16.8. The molecule has 7 rings (SSSR count). The smallest absolute Gasteiger partial charge is 0.270 e. The topological polar surface area (TPSA) is 156 Å². The van der Waals surface area contributed by atoms with Gasteiger partial charge in [0.05, 0.1) is 24.3 Å². The van der Waals surface area contributed by atoms with Gasteiger partial charge in [-0.25, -0.2) is 9.97 Å². The summed E-state index contributed by atoms with van der Waals surface area (Å²) in [7, 11) is 3.48. The Balaban J connectivity index is 1.17. The number of fused-ring (bicyclic) bond motifs is 2. The number of anilines is 3. The molecule has 0 radical (unpaired) electrons. The third-order valence-electron chi connectivity index (χ3n) is 8.63. The van der Waals surface area contributed by atoms with Gasteiger partial charge in [0.15, 0.2) is 11.5 Å². The van der Waals surface area contributed by atoms with Crippen molar-refractivity contribution in [1.29, 1.82) is 0 Å². The zero-order chi connectivity index (χ0) is 32.1. The van der Waals surface area contributed by atoms with Crippen LogP contribution in [0.1, 0.15) is 42.2 Å². The summed E-state index contributed by atoms with van der Waals surface area (Å²) < 4.78 is 22.5. The average molecular weight is 663 g/mol. The van der Waals surface area contributed by atoms with Crippen molar-refractivity contribution in [3.05, 3.63) is 51.8 Å². The van der Waals surface area contributed by atoms with Gasteiger partial charge in [-0.2, -0.15) is 4.98 Å². The number of amides is 1. The summed E-state index contributed by atoms with van der Waals surface area (Å²) in [5.74, 6) is 0.364. The van der Waals surface area contributed by atoms with Crippen LogP contribution < -0.4 is 15.6 Å². The van der Waals surface area contributed by atoms with Gasteiger partial charge in [-0.1, -0.05) is 12.8 Å². The van der Waals surface area contributed by atoms with Gasteiger partial charge in [-0.05, 0) is 31.0 Å². The lowest BCUT2D eigenvalue weighted by Crippen LogP contribution is -2.48. The van der Waals surface area contributed by atoms with E-state index in [1.165, 1.54) is 17.4 Å². The van der Waals surface area contributed by atoms with E-state index in [9.17, 15) is 19.2 Å². The molecule has 0 unspecified atom stereocenters. The first-order chi connectivity index (χ1) is 22.2. The van der Waals surface area contributed by atoms with Crippen molar-refractivity contribution >= 4 is 67.4 Å². The van der Waals surface area contributed by atoms with Crippen LogP contribution in [0.2, 0.25) is 0 Å². The average Bonchev–Trinajstić information content (AvgIpc) is 3.80. The molecule has 0 bridgehead atoms. The van der Waals surface area contributed by atoms with Crippen LogP contribution in [0.25, 0.3) is 32.6 Å². The summed E-state index contributed by atoms with van der Waals surface area (Å²) in [6.45, 7) is 2.37. The van der Waals surface area contributed by atoms with Crippen molar-refractivity contribution in [3.63, 3.8) is 0 Å². The molecule has 1 amide bonds. The summed E-state index contributed by atoms with van der Waals surface area (Å²) in [5, 5.41) is 16.6. The molecule has 1 saturated carbocycles. The van der Waals surface area contributed by atoms with Gasteiger partial charge < -0.3 is 33.8 Å². The zero-order valence-electron chi connectivity index (χ0n) is 25.7. The number of carbonyl (C=O) groups is 1. The molecular formula is C31H34N8O5S2. The maximum atomic E-state index is 13.0. The minimum Gasteiger partial charge on any atom is -0.598 e. The highest BCUT2D eigenvalue weighted by atomic mass is 32.2. The summed E-state index contributed by atoms with van der Waals surface area (Å²) in [6, 6.07) is 6.94. The Labute approximate surface area is 271 Å². The van der Waals surface area contributed by atoms with E-state index in [1.807, 2.05) is 19.8 Å². The molecule has 2 fully saturated rings. The van der Waals surface area contributed by atoms with Crippen LogP contribution in [0.3, 0.4) is 0 Å². The third kappa shape index (κ3) is 5.57. The monoisotopic (exact) mass is 662 g/mol. The van der Waals surface area contributed by atoms with Gasteiger partial charge in [-0.3, -0.25) is 9.59 Å². The lowest BCUT2D eigenvalue weighted by Gasteiger charge is -2.33. The van der Waals surface area contributed by atoms with E-state index >= 15 is 0 Å². The number of nitrogens with zero attached hydrogens (tertiary/aromatic N) is 7. The molecule has 46 heavy (non-hydrogen) atoms. The number of aromatic nitrogens is 4. The van der Waals surface area contributed by atoms with Gasteiger partial charge >= 0.3 is 0 Å². The first-order valence-electron chi connectivity index (χ1n) is 15.1. The van der Waals surface area contributed by atoms with E-state index in [4.69, 9.17) is 9.40 Å². The SMILES string of the molecule is CN(C)C(=O)c1cc2cnc(Nc3ccc(-c4csc5c(=O)cc(N6CCN([S@+](C)[O-])CC6)oc45)nc3O)nc2n1C1CCCC1. The first kappa shape index (κ1) is 30.5. The Morgan fingerprint density at radius 3 is 2.61 bits per heavy atom. The molecule has 0 spiro atoms. The zero-order valence-corrected chi connectivity index (χ0v) is 27.4. The van der Waals surface area contributed by atoms with Crippen molar-refractivity contribution in [3.8, 4) is 17.1 Å². The van der Waals surface area contributed by atoms with Crippen LogP contribution in [-0.4, -0.2) is 90.8 Å². The van der Waals surface area contributed by atoms with Crippen LogP contribution in [0.4, 0.5) is 17.5 Å². The highest BCUT2D eigenvalue weighted by molar-refractivity contribution is 7.88. The standard InChI is InChI=1S/C31H34N8O5S2/c1-36(2)30(42)23-14-18-16-32-31(35-28(18)39(23)19-6-4-5-7-19)34-22-9-8-21(33-29(22)41)20-17-45-27-24(40)15-25(44-26(20)27)37-10-12-38(13-11-37)46(3)43/h8-9,14-17,19H,4-7,10-13H2,1-3H3,(H,33,41)(H,32,34,35)/t46-/m0/s1. The molecule has 2 aliphatic rings. The molecule has 1 saturated heterocycles. The Kier molecular flexibility index (Phi) is 8.09. The number of hydrogen-bond donors (Lipinski definition) is 2. The van der Waals surface area contributed by atoms with Gasteiger partial charge in [0.2, 0.25) is 17.3 Å². The molecule has 5 aromatic rings. The predicted octanol–water partition coefficient (Wildman–Crippen LogP) is 4.34. The number of carbonyl (C=O) groups excluding carboxylic acids is 1. The van der Waals surface area contributed by atoms with Crippen molar-refractivity contribution in [2.75, 3.05) is 56.7 Å². The van der Waals surface area contributed by atoms with Crippen LogP contribution in [0.15, 0.2) is 45.1 Å². The second kappa shape index (κ2) is 12.2. The quantitative estimate of drug-likeness (QED) is 0.239. The Morgan fingerprint density at radius 1 is 1.15 bits per heavy atom. The van der Waals surface area contributed by atoms with Crippen molar-refractivity contribution in [2.24, 2.45) is 0 Å². The Morgan fingerprint density at radius 2 is 1.91 bits per heavy atom. The molecule has 2 N–H and O–H groups in total. The highest BCUT2D eigenvalue weighted by Crippen LogP contribution is 2.37. The van der Waals surface area contributed by atoms with E-state index in [1.54, 1.807) is 49.0 Å². The van der Waals surface area contributed by atoms with E-state index in [-0.39, 0.29) is 29.2 Å². The molecule has 1 aliphatic heterocycles. The van der Waals surface area contributed by atoms with Crippen LogP contribution in [-0.2, 0) is 11.4 Å². The fourth-order valence-corrected chi connectivity index (χ4v) is 7.81. The van der Waals surface area contributed by atoms with Gasteiger partial charge in [-0.15, -0.1) is 15.6 Å². The summed E-state index contributed by atoms with van der Waals surface area (Å²) in [6.07, 6.45) is 7.51. The molecule has 5 aromatic heterocycles. The number of rotatable bonds is 7. The molecule has 6 heterocycles. The molecule has 15 heteroatoms. The fourth-order valence-electron chi connectivity index (χ4n) is 6.24. The Bertz CT molecular complexity index is 1990. The van der Waals surface area contributed by atoms with E-state index in [2.05, 4.69) is 15.3 Å². The van der Waals surface area contributed by atoms with E-state index < -0.39 is 11.4 Å². The lowest BCUT2D eigenvalue weighted by molar-refractivity contribution is 0.0815. The van der Waals surface area contributed by atoms with Crippen LogP contribution in [0, 0.1) is 0 Å². The predicted molar refractivity (Wildman–Crippen MR) is 179 cm³/mol. The molecular weight excluding hydrogens is 629 g/mol. The number of thiophene rings is 1.